The highest BCUT2D eigenvalue weighted by Crippen LogP contribution is 2.26. The summed E-state index contributed by atoms with van der Waals surface area (Å²) >= 11 is 0. The van der Waals surface area contributed by atoms with Gasteiger partial charge in [-0.15, -0.1) is 0 Å². The highest BCUT2D eigenvalue weighted by molar-refractivity contribution is 6.06. The first-order valence-corrected chi connectivity index (χ1v) is 12.3. The quantitative estimate of drug-likeness (QED) is 0.172. The van der Waals surface area contributed by atoms with Crippen molar-refractivity contribution < 1.29 is 14.3 Å². The number of rotatable bonds is 10. The molecule has 0 atom stereocenters. The summed E-state index contributed by atoms with van der Waals surface area (Å²) < 4.78 is 11.8. The van der Waals surface area contributed by atoms with Crippen LogP contribution in [0, 0.1) is 0 Å². The minimum absolute atomic E-state index is 0.0197. The minimum atomic E-state index is -0.0197. The summed E-state index contributed by atoms with van der Waals surface area (Å²) in [6.07, 6.45) is 4.26. The van der Waals surface area contributed by atoms with Crippen molar-refractivity contribution in [1.82, 2.24) is 0 Å². The van der Waals surface area contributed by atoms with Gasteiger partial charge >= 0.3 is 0 Å². The zero-order valence-electron chi connectivity index (χ0n) is 21.1. The molecule has 182 valence electrons. The van der Waals surface area contributed by atoms with E-state index in [9.17, 15) is 4.79 Å². The lowest BCUT2D eigenvalue weighted by molar-refractivity contribution is 0.104. The predicted octanol–water partition coefficient (Wildman–Crippen LogP) is 7.88. The molecule has 0 radical (unpaired) electrons. The Bertz CT molecular complexity index is 1320. The maximum absolute atomic E-state index is 12.7. The summed E-state index contributed by atoms with van der Waals surface area (Å²) in [4.78, 5) is 12.7. The Morgan fingerprint density at radius 1 is 0.806 bits per heavy atom. The zero-order valence-corrected chi connectivity index (χ0v) is 21.1. The first kappa shape index (κ1) is 25.0. The van der Waals surface area contributed by atoms with E-state index in [0.29, 0.717) is 18.1 Å². The maximum Gasteiger partial charge on any atom is 0.185 e. The summed E-state index contributed by atoms with van der Waals surface area (Å²) in [6, 6.07) is 32.2. The number of carbonyl (C=O) groups is 1. The molecule has 0 aliphatic carbocycles. The molecule has 4 rings (SSSR count). The van der Waals surface area contributed by atoms with Crippen LogP contribution in [0.25, 0.3) is 6.08 Å². The number of para-hydroxylation sites is 1. The molecule has 0 amide bonds. The molecule has 0 unspecified atom stereocenters. The predicted molar refractivity (Wildman–Crippen MR) is 147 cm³/mol. The van der Waals surface area contributed by atoms with Gasteiger partial charge in [-0.25, -0.2) is 0 Å². The van der Waals surface area contributed by atoms with Gasteiger partial charge < -0.3 is 9.47 Å². The highest BCUT2D eigenvalue weighted by atomic mass is 16.5. The molecule has 0 N–H and O–H groups in total. The Labute approximate surface area is 214 Å². The van der Waals surface area contributed by atoms with Crippen LogP contribution in [-0.4, -0.2) is 12.9 Å². The fourth-order valence-electron chi connectivity index (χ4n) is 4.08. The standard InChI is InChI=1S/C33H32O3/c1-24(2)27-15-17-28(18-16-27)31(34)19-13-26-14-20-32(35-3)30(22-26)23-36-33-12-8-7-11-29(33)21-25-9-5-4-6-10-25/h4-20,22,24H,21,23H2,1-3H3/b19-13+. The number of benzene rings is 4. The molecule has 3 heteroatoms. The monoisotopic (exact) mass is 476 g/mol. The molecule has 4 aromatic carbocycles. The third-order valence-corrected chi connectivity index (χ3v) is 6.19. The Hall–Kier alpha value is -4.11. The number of hydrogen-bond donors (Lipinski definition) is 0. The second-order valence-corrected chi connectivity index (χ2v) is 9.10. The van der Waals surface area contributed by atoms with Crippen molar-refractivity contribution in [3.63, 3.8) is 0 Å². The first-order chi connectivity index (χ1) is 17.5. The molecule has 0 heterocycles. The number of ketones is 1. The molecule has 0 aliphatic heterocycles. The molecular formula is C33H32O3. The van der Waals surface area contributed by atoms with Crippen molar-refractivity contribution in [2.24, 2.45) is 0 Å². The van der Waals surface area contributed by atoms with Gasteiger partial charge in [-0.1, -0.05) is 98.8 Å². The van der Waals surface area contributed by atoms with Crippen LogP contribution < -0.4 is 9.47 Å². The molecule has 36 heavy (non-hydrogen) atoms. The topological polar surface area (TPSA) is 35.5 Å². The number of carbonyl (C=O) groups excluding carboxylic acids is 1. The fraction of sp³-hybridized carbons (Fsp3) is 0.182. The van der Waals surface area contributed by atoms with E-state index in [1.165, 1.54) is 11.1 Å². The van der Waals surface area contributed by atoms with E-state index in [1.807, 2.05) is 84.9 Å². The van der Waals surface area contributed by atoms with Crippen LogP contribution in [0.15, 0.2) is 103 Å². The lowest BCUT2D eigenvalue weighted by Crippen LogP contribution is -2.02. The molecule has 0 aliphatic rings. The summed E-state index contributed by atoms with van der Waals surface area (Å²) in [6.45, 7) is 4.65. The largest absolute Gasteiger partial charge is 0.496 e. The van der Waals surface area contributed by atoms with Gasteiger partial charge in [0.1, 0.15) is 18.1 Å². The minimum Gasteiger partial charge on any atom is -0.496 e. The Morgan fingerprint density at radius 3 is 2.25 bits per heavy atom. The van der Waals surface area contributed by atoms with Crippen molar-refractivity contribution in [3.8, 4) is 11.5 Å². The van der Waals surface area contributed by atoms with Crippen LogP contribution in [0.5, 0.6) is 11.5 Å². The number of ether oxygens (including phenoxy) is 2. The maximum atomic E-state index is 12.7. The second-order valence-electron chi connectivity index (χ2n) is 9.10. The second kappa shape index (κ2) is 12.0. The van der Waals surface area contributed by atoms with Crippen LogP contribution in [0.1, 0.15) is 57.9 Å². The van der Waals surface area contributed by atoms with Gasteiger partial charge in [0.2, 0.25) is 0 Å². The first-order valence-electron chi connectivity index (χ1n) is 12.3. The van der Waals surface area contributed by atoms with E-state index >= 15 is 0 Å². The summed E-state index contributed by atoms with van der Waals surface area (Å²) in [5, 5.41) is 0. The molecule has 0 bridgehead atoms. The fourth-order valence-corrected chi connectivity index (χ4v) is 4.08. The van der Waals surface area contributed by atoms with E-state index in [-0.39, 0.29) is 5.78 Å². The van der Waals surface area contributed by atoms with Gasteiger partial charge in [-0.3, -0.25) is 4.79 Å². The number of allylic oxidation sites excluding steroid dienone is 1. The Morgan fingerprint density at radius 2 is 1.53 bits per heavy atom. The normalized spacial score (nSPS) is 11.1. The average Bonchev–Trinajstić information content (AvgIpc) is 2.92. The van der Waals surface area contributed by atoms with Crippen molar-refractivity contribution in [3.05, 3.63) is 137 Å². The molecule has 0 aromatic heterocycles. The van der Waals surface area contributed by atoms with E-state index in [2.05, 4.69) is 32.0 Å². The molecular weight excluding hydrogens is 444 g/mol. The Kier molecular flexibility index (Phi) is 8.36. The van der Waals surface area contributed by atoms with Gasteiger partial charge in [0.25, 0.3) is 0 Å². The van der Waals surface area contributed by atoms with Gasteiger partial charge in [0.05, 0.1) is 7.11 Å². The van der Waals surface area contributed by atoms with Crippen molar-refractivity contribution in [1.29, 1.82) is 0 Å². The molecule has 3 nitrogen and oxygen atoms in total. The van der Waals surface area contributed by atoms with Crippen LogP contribution >= 0.6 is 0 Å². The number of methoxy groups -OCH3 is 1. The molecule has 4 aromatic rings. The van der Waals surface area contributed by atoms with E-state index < -0.39 is 0 Å². The van der Waals surface area contributed by atoms with E-state index in [0.717, 1.165) is 34.6 Å². The van der Waals surface area contributed by atoms with Crippen molar-refractivity contribution >= 4 is 11.9 Å². The van der Waals surface area contributed by atoms with E-state index in [4.69, 9.17) is 9.47 Å². The SMILES string of the molecule is COc1ccc(/C=C/C(=O)c2ccc(C(C)C)cc2)cc1COc1ccccc1Cc1ccccc1. The molecule has 0 saturated heterocycles. The molecule has 0 saturated carbocycles. The van der Waals surface area contributed by atoms with Crippen LogP contribution in [-0.2, 0) is 13.0 Å². The van der Waals surface area contributed by atoms with Crippen molar-refractivity contribution in [2.45, 2.75) is 32.8 Å². The van der Waals surface area contributed by atoms with Crippen LogP contribution in [0.4, 0.5) is 0 Å². The zero-order chi connectivity index (χ0) is 25.3. The average molecular weight is 477 g/mol. The Balaban J connectivity index is 1.47. The van der Waals surface area contributed by atoms with Gasteiger partial charge in [0.15, 0.2) is 5.78 Å². The summed E-state index contributed by atoms with van der Waals surface area (Å²) in [7, 11) is 1.65. The summed E-state index contributed by atoms with van der Waals surface area (Å²) in [5.41, 5.74) is 6.11. The van der Waals surface area contributed by atoms with Crippen LogP contribution in [0.2, 0.25) is 0 Å². The molecule has 0 fully saturated rings. The smallest absolute Gasteiger partial charge is 0.185 e. The lowest BCUT2D eigenvalue weighted by Gasteiger charge is -2.14. The van der Waals surface area contributed by atoms with Crippen LogP contribution in [0.3, 0.4) is 0 Å². The number of hydrogen-bond acceptors (Lipinski definition) is 3. The summed E-state index contributed by atoms with van der Waals surface area (Å²) in [5.74, 6) is 2.02. The third-order valence-electron chi connectivity index (χ3n) is 6.19. The van der Waals surface area contributed by atoms with Gasteiger partial charge in [-0.05, 0) is 52.4 Å². The lowest BCUT2D eigenvalue weighted by atomic mass is 10.00. The van der Waals surface area contributed by atoms with Gasteiger partial charge in [0, 0.05) is 17.5 Å². The highest BCUT2D eigenvalue weighted by Gasteiger charge is 2.09. The molecule has 0 spiro atoms. The van der Waals surface area contributed by atoms with E-state index in [1.54, 1.807) is 13.2 Å². The van der Waals surface area contributed by atoms with Crippen molar-refractivity contribution in [2.75, 3.05) is 7.11 Å². The van der Waals surface area contributed by atoms with Gasteiger partial charge in [-0.2, -0.15) is 0 Å². The third kappa shape index (κ3) is 6.51.